The van der Waals surface area contributed by atoms with Gasteiger partial charge in [-0.15, -0.1) is 0 Å². The lowest BCUT2D eigenvalue weighted by Crippen LogP contribution is -2.26. The van der Waals surface area contributed by atoms with E-state index in [0.717, 1.165) is 6.54 Å². The molecule has 0 aliphatic rings. The first-order chi connectivity index (χ1) is 9.72. The predicted molar refractivity (Wildman–Crippen MR) is 84.1 cm³/mol. The van der Waals surface area contributed by atoms with E-state index in [1.54, 1.807) is 7.11 Å². The summed E-state index contributed by atoms with van der Waals surface area (Å²) in [6.45, 7) is 5.86. The summed E-state index contributed by atoms with van der Waals surface area (Å²) in [6, 6.07) is 17.4. The molecule has 0 amide bonds. The zero-order chi connectivity index (χ0) is 14.4. The van der Waals surface area contributed by atoms with Gasteiger partial charge in [0.1, 0.15) is 0 Å². The molecule has 106 valence electrons. The van der Waals surface area contributed by atoms with Gasteiger partial charge in [-0.3, -0.25) is 0 Å². The van der Waals surface area contributed by atoms with Crippen molar-refractivity contribution in [2.75, 3.05) is 20.3 Å². The fraction of sp³-hybridized carbons (Fsp3) is 0.333. The third-order valence-corrected chi connectivity index (χ3v) is 3.52. The van der Waals surface area contributed by atoms with E-state index in [-0.39, 0.29) is 6.04 Å². The predicted octanol–water partition coefficient (Wildman–Crippen LogP) is 3.63. The smallest absolute Gasteiger partial charge is 0.0587 e. The van der Waals surface area contributed by atoms with Crippen molar-refractivity contribution in [3.8, 4) is 0 Å². The molecule has 0 radical (unpaired) electrons. The molecule has 2 heteroatoms. The van der Waals surface area contributed by atoms with Gasteiger partial charge in [-0.05, 0) is 30.5 Å². The van der Waals surface area contributed by atoms with Crippen molar-refractivity contribution in [1.82, 2.24) is 5.32 Å². The molecule has 0 aromatic heterocycles. The molecule has 2 nitrogen and oxygen atoms in total. The minimum absolute atomic E-state index is 0.215. The van der Waals surface area contributed by atoms with E-state index in [9.17, 15) is 0 Å². The average molecular weight is 269 g/mol. The molecule has 0 bridgehead atoms. The van der Waals surface area contributed by atoms with Crippen LogP contribution in [-0.2, 0) is 4.74 Å². The van der Waals surface area contributed by atoms with Gasteiger partial charge in [0.15, 0.2) is 0 Å². The second-order valence-electron chi connectivity index (χ2n) is 5.15. The van der Waals surface area contributed by atoms with Gasteiger partial charge in [0.2, 0.25) is 0 Å². The molecule has 0 fully saturated rings. The lowest BCUT2D eigenvalue weighted by Gasteiger charge is -2.22. The van der Waals surface area contributed by atoms with Crippen LogP contribution in [0.1, 0.15) is 28.3 Å². The molecule has 0 saturated heterocycles. The van der Waals surface area contributed by atoms with Crippen LogP contribution in [0.3, 0.4) is 0 Å². The van der Waals surface area contributed by atoms with Crippen LogP contribution >= 0.6 is 0 Å². The van der Waals surface area contributed by atoms with Crippen LogP contribution in [0.25, 0.3) is 0 Å². The van der Waals surface area contributed by atoms with Crippen molar-refractivity contribution < 1.29 is 4.74 Å². The third kappa shape index (κ3) is 3.69. The Balaban J connectivity index is 2.30. The topological polar surface area (TPSA) is 21.3 Å². The maximum atomic E-state index is 5.15. The maximum Gasteiger partial charge on any atom is 0.0587 e. The Hall–Kier alpha value is -1.64. The number of rotatable bonds is 6. The van der Waals surface area contributed by atoms with E-state index in [0.29, 0.717) is 6.61 Å². The van der Waals surface area contributed by atoms with Crippen molar-refractivity contribution in [2.24, 2.45) is 0 Å². The fourth-order valence-electron chi connectivity index (χ4n) is 2.51. The maximum absolute atomic E-state index is 5.15. The quantitative estimate of drug-likeness (QED) is 0.809. The van der Waals surface area contributed by atoms with Crippen molar-refractivity contribution in [1.29, 1.82) is 0 Å². The summed E-state index contributed by atoms with van der Waals surface area (Å²) in [7, 11) is 1.73. The van der Waals surface area contributed by atoms with E-state index in [4.69, 9.17) is 4.74 Å². The highest BCUT2D eigenvalue weighted by molar-refractivity contribution is 5.38. The zero-order valence-electron chi connectivity index (χ0n) is 12.5. The average Bonchev–Trinajstić information content (AvgIpc) is 2.46. The second-order valence-corrected chi connectivity index (χ2v) is 5.15. The first-order valence-electron chi connectivity index (χ1n) is 7.07. The highest BCUT2D eigenvalue weighted by Crippen LogP contribution is 2.25. The second kappa shape index (κ2) is 7.22. The normalized spacial score (nSPS) is 12.3. The lowest BCUT2D eigenvalue weighted by molar-refractivity contribution is 0.197. The Kier molecular flexibility index (Phi) is 5.33. The summed E-state index contributed by atoms with van der Waals surface area (Å²) >= 11 is 0. The number of ether oxygens (including phenoxy) is 1. The first kappa shape index (κ1) is 14.8. The molecule has 1 atom stereocenters. The van der Waals surface area contributed by atoms with E-state index in [1.807, 2.05) is 0 Å². The molecule has 1 unspecified atom stereocenters. The molecular formula is C18H23NO. The molecule has 20 heavy (non-hydrogen) atoms. The minimum atomic E-state index is 0.215. The van der Waals surface area contributed by atoms with E-state index in [1.165, 1.54) is 22.3 Å². The number of hydrogen-bond acceptors (Lipinski definition) is 2. The van der Waals surface area contributed by atoms with Crippen LogP contribution in [0.2, 0.25) is 0 Å². The SMILES string of the molecule is COCCNC(c1ccccc1)c1ccc(C)cc1C. The number of methoxy groups -OCH3 is 1. The Morgan fingerprint density at radius 3 is 2.45 bits per heavy atom. The van der Waals surface area contributed by atoms with Crippen LogP contribution in [-0.4, -0.2) is 20.3 Å². The van der Waals surface area contributed by atoms with Crippen molar-refractivity contribution in [3.63, 3.8) is 0 Å². The Bertz CT molecular complexity index is 536. The Morgan fingerprint density at radius 2 is 1.80 bits per heavy atom. The number of benzene rings is 2. The van der Waals surface area contributed by atoms with Crippen LogP contribution in [0, 0.1) is 13.8 Å². The monoisotopic (exact) mass is 269 g/mol. The highest BCUT2D eigenvalue weighted by Gasteiger charge is 2.15. The van der Waals surface area contributed by atoms with Crippen LogP contribution in [0.15, 0.2) is 48.5 Å². The Morgan fingerprint density at radius 1 is 1.05 bits per heavy atom. The largest absolute Gasteiger partial charge is 0.383 e. The fourth-order valence-corrected chi connectivity index (χ4v) is 2.51. The van der Waals surface area contributed by atoms with Gasteiger partial charge in [-0.2, -0.15) is 0 Å². The van der Waals surface area contributed by atoms with Crippen LogP contribution in [0.4, 0.5) is 0 Å². The van der Waals surface area contributed by atoms with E-state index < -0.39 is 0 Å². The van der Waals surface area contributed by atoms with Gasteiger partial charge in [0, 0.05) is 13.7 Å². The van der Waals surface area contributed by atoms with Gasteiger partial charge in [0.05, 0.1) is 12.6 Å². The van der Waals surface area contributed by atoms with Gasteiger partial charge in [-0.1, -0.05) is 54.1 Å². The highest BCUT2D eigenvalue weighted by atomic mass is 16.5. The van der Waals surface area contributed by atoms with Gasteiger partial charge in [-0.25, -0.2) is 0 Å². The molecule has 0 aliphatic heterocycles. The molecule has 0 saturated carbocycles. The van der Waals surface area contributed by atoms with Crippen LogP contribution in [0.5, 0.6) is 0 Å². The molecular weight excluding hydrogens is 246 g/mol. The van der Waals surface area contributed by atoms with Gasteiger partial charge < -0.3 is 10.1 Å². The summed E-state index contributed by atoms with van der Waals surface area (Å²) in [5.74, 6) is 0. The van der Waals surface area contributed by atoms with E-state index >= 15 is 0 Å². The third-order valence-electron chi connectivity index (χ3n) is 3.52. The van der Waals surface area contributed by atoms with Crippen molar-refractivity contribution in [3.05, 3.63) is 70.8 Å². The molecule has 1 N–H and O–H groups in total. The van der Waals surface area contributed by atoms with Crippen molar-refractivity contribution >= 4 is 0 Å². The van der Waals surface area contributed by atoms with Gasteiger partial charge >= 0.3 is 0 Å². The lowest BCUT2D eigenvalue weighted by atomic mass is 9.94. The Labute approximate surface area is 121 Å². The summed E-state index contributed by atoms with van der Waals surface area (Å²) < 4.78 is 5.15. The summed E-state index contributed by atoms with van der Waals surface area (Å²) in [5, 5.41) is 3.59. The molecule has 0 spiro atoms. The molecule has 2 rings (SSSR count). The van der Waals surface area contributed by atoms with Gasteiger partial charge in [0.25, 0.3) is 0 Å². The zero-order valence-corrected chi connectivity index (χ0v) is 12.5. The van der Waals surface area contributed by atoms with Crippen molar-refractivity contribution in [2.45, 2.75) is 19.9 Å². The molecule has 0 aliphatic carbocycles. The number of aryl methyl sites for hydroxylation is 2. The summed E-state index contributed by atoms with van der Waals surface area (Å²) in [4.78, 5) is 0. The summed E-state index contributed by atoms with van der Waals surface area (Å²) in [6.07, 6.45) is 0. The molecule has 0 heterocycles. The molecule has 2 aromatic carbocycles. The summed E-state index contributed by atoms with van der Waals surface area (Å²) in [5.41, 5.74) is 5.24. The molecule has 2 aromatic rings. The number of nitrogens with one attached hydrogen (secondary N) is 1. The first-order valence-corrected chi connectivity index (χ1v) is 7.07. The van der Waals surface area contributed by atoms with Crippen LogP contribution < -0.4 is 5.32 Å². The minimum Gasteiger partial charge on any atom is -0.383 e. The standard InChI is InChI=1S/C18H23NO/c1-14-9-10-17(15(2)13-14)18(19-11-12-20-3)16-7-5-4-6-8-16/h4-10,13,18-19H,11-12H2,1-3H3. The number of hydrogen-bond donors (Lipinski definition) is 1. The van der Waals surface area contributed by atoms with E-state index in [2.05, 4.69) is 67.7 Å².